The van der Waals surface area contributed by atoms with Crippen LogP contribution < -0.4 is 10.2 Å². The van der Waals surface area contributed by atoms with Crippen LogP contribution in [0.25, 0.3) is 5.69 Å². The largest absolute Gasteiger partial charge is 0.369 e. The first-order valence-electron chi connectivity index (χ1n) is 12.5. The van der Waals surface area contributed by atoms with Gasteiger partial charge in [0.15, 0.2) is 0 Å². The van der Waals surface area contributed by atoms with Crippen LogP contribution in [0, 0.1) is 13.8 Å². The van der Waals surface area contributed by atoms with E-state index in [-0.39, 0.29) is 30.7 Å². The number of nitrogens with zero attached hydrogens (tertiary/aromatic N) is 4. The van der Waals surface area contributed by atoms with E-state index in [2.05, 4.69) is 59.1 Å². The number of nitrogens with one attached hydrogen (secondary N) is 1. The smallest absolute Gasteiger partial charge is 0.271 e. The van der Waals surface area contributed by atoms with Crippen LogP contribution in [0.4, 0.5) is 5.69 Å². The van der Waals surface area contributed by atoms with Crippen LogP contribution in [-0.4, -0.2) is 59.6 Å². The fourth-order valence-electron chi connectivity index (χ4n) is 4.63. The normalized spacial score (nSPS) is 13.6. The van der Waals surface area contributed by atoms with Gasteiger partial charge in [0.1, 0.15) is 11.5 Å². The highest BCUT2D eigenvalue weighted by Crippen LogP contribution is 2.23. The standard InChI is InChI=1S/C28H37N5O.2ClH/c1-4-10-27-30-25(21-33(27)24-12-6-5-7-13-24)28(34)29-15-9-16-31-17-19-32(20-18-31)26-14-8-11-22(2)23(26)3;;/h5-8,11-14,21H,4,9-10,15-20H2,1-3H3,(H,29,34);2*1H. The average molecular weight is 533 g/mol. The SMILES string of the molecule is CCCc1nc(C(=O)NCCCN2CCN(c3cccc(C)c3C)CC2)cn1-c1ccccc1.Cl.Cl. The van der Waals surface area contributed by atoms with Crippen LogP contribution in [-0.2, 0) is 6.42 Å². The highest BCUT2D eigenvalue weighted by Gasteiger charge is 2.19. The number of aryl methyl sites for hydroxylation is 2. The molecule has 1 aliphatic heterocycles. The van der Waals surface area contributed by atoms with Crippen LogP contribution in [0.2, 0.25) is 0 Å². The second kappa shape index (κ2) is 14.3. The molecule has 0 bridgehead atoms. The zero-order valence-electron chi connectivity index (χ0n) is 21.6. The molecule has 3 aromatic rings. The van der Waals surface area contributed by atoms with Crippen molar-refractivity contribution in [2.24, 2.45) is 0 Å². The van der Waals surface area contributed by atoms with Crippen molar-refractivity contribution in [3.8, 4) is 5.69 Å². The number of rotatable bonds is 9. The van der Waals surface area contributed by atoms with Gasteiger partial charge in [-0.2, -0.15) is 0 Å². The summed E-state index contributed by atoms with van der Waals surface area (Å²) in [6.07, 6.45) is 4.64. The van der Waals surface area contributed by atoms with E-state index in [1.807, 2.05) is 41.1 Å². The summed E-state index contributed by atoms with van der Waals surface area (Å²) in [6.45, 7) is 12.4. The van der Waals surface area contributed by atoms with Gasteiger partial charge in [-0.05, 0) is 62.6 Å². The number of aromatic nitrogens is 2. The van der Waals surface area contributed by atoms with Crippen molar-refractivity contribution in [2.45, 2.75) is 40.0 Å². The number of halogens is 2. The maximum Gasteiger partial charge on any atom is 0.271 e. The molecule has 1 fully saturated rings. The van der Waals surface area contributed by atoms with E-state index in [1.165, 1.54) is 16.8 Å². The van der Waals surface area contributed by atoms with Crippen LogP contribution in [0.5, 0.6) is 0 Å². The summed E-state index contributed by atoms with van der Waals surface area (Å²) < 4.78 is 2.04. The monoisotopic (exact) mass is 531 g/mol. The number of benzene rings is 2. The van der Waals surface area contributed by atoms with E-state index in [4.69, 9.17) is 0 Å². The summed E-state index contributed by atoms with van der Waals surface area (Å²) >= 11 is 0. The minimum Gasteiger partial charge on any atom is -0.369 e. The van der Waals surface area contributed by atoms with Crippen molar-refractivity contribution in [2.75, 3.05) is 44.2 Å². The lowest BCUT2D eigenvalue weighted by molar-refractivity contribution is 0.0946. The minimum atomic E-state index is -0.0909. The van der Waals surface area contributed by atoms with E-state index in [9.17, 15) is 4.79 Å². The fraction of sp³-hybridized carbons (Fsp3) is 0.429. The predicted molar refractivity (Wildman–Crippen MR) is 154 cm³/mol. The van der Waals surface area contributed by atoms with Gasteiger partial charge in [-0.15, -0.1) is 24.8 Å². The highest BCUT2D eigenvalue weighted by atomic mass is 35.5. The molecule has 0 unspecified atom stereocenters. The molecule has 1 aromatic heterocycles. The van der Waals surface area contributed by atoms with E-state index in [0.717, 1.165) is 63.5 Å². The molecule has 0 atom stereocenters. The molecule has 0 radical (unpaired) electrons. The Kier molecular flexibility index (Phi) is 11.8. The zero-order valence-corrected chi connectivity index (χ0v) is 23.2. The molecule has 1 saturated heterocycles. The predicted octanol–water partition coefficient (Wildman–Crippen LogP) is 5.23. The second-order valence-electron chi connectivity index (χ2n) is 9.16. The van der Waals surface area contributed by atoms with Gasteiger partial charge in [0, 0.05) is 56.7 Å². The Morgan fingerprint density at radius 2 is 1.69 bits per heavy atom. The van der Waals surface area contributed by atoms with Crippen molar-refractivity contribution in [1.29, 1.82) is 0 Å². The van der Waals surface area contributed by atoms with Crippen LogP contribution in [0.3, 0.4) is 0 Å². The molecule has 2 aromatic carbocycles. The molecule has 8 heteroatoms. The summed E-state index contributed by atoms with van der Waals surface area (Å²) in [5, 5.41) is 3.07. The Bertz CT molecular complexity index is 1090. The molecular weight excluding hydrogens is 493 g/mol. The van der Waals surface area contributed by atoms with E-state index in [1.54, 1.807) is 0 Å². The lowest BCUT2D eigenvalue weighted by Crippen LogP contribution is -2.47. The number of hydrogen-bond acceptors (Lipinski definition) is 4. The topological polar surface area (TPSA) is 53.4 Å². The molecular formula is C28H39Cl2N5O. The molecule has 0 saturated carbocycles. The van der Waals surface area contributed by atoms with Gasteiger partial charge >= 0.3 is 0 Å². The maximum absolute atomic E-state index is 12.7. The molecule has 1 amide bonds. The minimum absolute atomic E-state index is 0. The average Bonchev–Trinajstić information content (AvgIpc) is 3.29. The lowest BCUT2D eigenvalue weighted by atomic mass is 10.1. The van der Waals surface area contributed by atoms with Gasteiger partial charge in [0.05, 0.1) is 0 Å². The Morgan fingerprint density at radius 1 is 0.972 bits per heavy atom. The summed E-state index contributed by atoms with van der Waals surface area (Å²) in [5.41, 5.74) is 5.64. The quantitative estimate of drug-likeness (QED) is 0.384. The molecule has 1 N–H and O–H groups in total. The van der Waals surface area contributed by atoms with Gasteiger partial charge in [-0.3, -0.25) is 9.69 Å². The number of piperazine rings is 1. The molecule has 0 spiro atoms. The Labute approximate surface area is 227 Å². The highest BCUT2D eigenvalue weighted by molar-refractivity contribution is 5.92. The van der Waals surface area contributed by atoms with Gasteiger partial charge in [0.2, 0.25) is 0 Å². The van der Waals surface area contributed by atoms with Crippen molar-refractivity contribution >= 4 is 36.4 Å². The van der Waals surface area contributed by atoms with E-state index in [0.29, 0.717) is 12.2 Å². The van der Waals surface area contributed by atoms with Gasteiger partial charge < -0.3 is 14.8 Å². The van der Waals surface area contributed by atoms with Crippen molar-refractivity contribution < 1.29 is 4.79 Å². The Morgan fingerprint density at radius 3 is 2.39 bits per heavy atom. The van der Waals surface area contributed by atoms with Crippen molar-refractivity contribution in [1.82, 2.24) is 19.8 Å². The Balaban J connectivity index is 0.00000228. The summed E-state index contributed by atoms with van der Waals surface area (Å²) in [5.74, 6) is 0.840. The van der Waals surface area contributed by atoms with E-state index >= 15 is 0 Å². The summed E-state index contributed by atoms with van der Waals surface area (Å²) in [7, 11) is 0. The summed E-state index contributed by atoms with van der Waals surface area (Å²) in [4.78, 5) is 22.4. The molecule has 1 aliphatic rings. The lowest BCUT2D eigenvalue weighted by Gasteiger charge is -2.37. The molecule has 36 heavy (non-hydrogen) atoms. The third-order valence-corrected chi connectivity index (χ3v) is 6.75. The fourth-order valence-corrected chi connectivity index (χ4v) is 4.63. The number of amides is 1. The third-order valence-electron chi connectivity index (χ3n) is 6.75. The van der Waals surface area contributed by atoms with Crippen molar-refractivity contribution in [3.63, 3.8) is 0 Å². The van der Waals surface area contributed by atoms with E-state index < -0.39 is 0 Å². The van der Waals surface area contributed by atoms with Gasteiger partial charge in [-0.25, -0.2) is 4.98 Å². The summed E-state index contributed by atoms with van der Waals surface area (Å²) in [6, 6.07) is 16.7. The first-order valence-corrected chi connectivity index (χ1v) is 12.5. The van der Waals surface area contributed by atoms with Gasteiger partial charge in [-0.1, -0.05) is 37.3 Å². The first-order chi connectivity index (χ1) is 16.6. The second-order valence-corrected chi connectivity index (χ2v) is 9.16. The number of para-hydroxylation sites is 1. The molecule has 4 rings (SSSR count). The number of hydrogen-bond donors (Lipinski definition) is 1. The Hall–Kier alpha value is -2.54. The van der Waals surface area contributed by atoms with Crippen LogP contribution in [0.1, 0.15) is 47.2 Å². The molecule has 2 heterocycles. The maximum atomic E-state index is 12.7. The van der Waals surface area contributed by atoms with Gasteiger partial charge in [0.25, 0.3) is 5.91 Å². The molecule has 196 valence electrons. The number of carbonyl (C=O) groups is 1. The molecule has 0 aliphatic carbocycles. The van der Waals surface area contributed by atoms with Crippen LogP contribution >= 0.6 is 24.8 Å². The van der Waals surface area contributed by atoms with Crippen molar-refractivity contribution in [3.05, 3.63) is 77.4 Å². The van der Waals surface area contributed by atoms with Crippen LogP contribution in [0.15, 0.2) is 54.7 Å². The zero-order chi connectivity index (χ0) is 23.9. The third kappa shape index (κ3) is 7.25. The first kappa shape index (κ1) is 29.7. The molecule has 6 nitrogen and oxygen atoms in total. The number of carbonyl (C=O) groups excluding carboxylic acids is 1. The number of anilines is 1. The number of imidazole rings is 1.